The molecule has 0 spiro atoms. The maximum absolute atomic E-state index is 10.8. The average Bonchev–Trinajstić information content (AvgIpc) is 2.66. The number of hydrogen-bond donors (Lipinski definition) is 3. The summed E-state index contributed by atoms with van der Waals surface area (Å²) in [4.78, 5) is 16.0. The van der Waals surface area contributed by atoms with Gasteiger partial charge in [-0.05, 0) is 12.5 Å². The van der Waals surface area contributed by atoms with E-state index in [2.05, 4.69) is 29.9 Å². The number of nitrogens with two attached hydrogens (primary N) is 1. The third-order valence-electron chi connectivity index (χ3n) is 1.86. The number of amides is 1. The number of thiol groups is 1. The molecule has 0 saturated heterocycles. The highest BCUT2D eigenvalue weighted by Gasteiger charge is 2.02. The van der Waals surface area contributed by atoms with E-state index in [1.54, 1.807) is 12.3 Å². The van der Waals surface area contributed by atoms with E-state index < -0.39 is 5.91 Å². The normalized spacial score (nSPS) is 11.5. The van der Waals surface area contributed by atoms with Gasteiger partial charge >= 0.3 is 0 Å². The second-order valence-corrected chi connectivity index (χ2v) is 4.79. The van der Waals surface area contributed by atoms with E-state index in [4.69, 9.17) is 5.73 Å². The molecule has 0 unspecified atom stereocenters. The second kappa shape index (κ2) is 6.55. The van der Waals surface area contributed by atoms with Gasteiger partial charge in [0, 0.05) is 12.7 Å². The van der Waals surface area contributed by atoms with Crippen molar-refractivity contribution < 1.29 is 4.79 Å². The Hall–Kier alpha value is -1.01. The predicted molar refractivity (Wildman–Crippen MR) is 71.7 cm³/mol. The first-order chi connectivity index (χ1) is 7.63. The summed E-state index contributed by atoms with van der Waals surface area (Å²) < 4.78 is 0. The van der Waals surface area contributed by atoms with Crippen LogP contribution in [0.25, 0.3) is 6.08 Å². The molecule has 0 radical (unpaired) electrons. The molecule has 6 heteroatoms. The molecule has 0 aliphatic heterocycles. The van der Waals surface area contributed by atoms with Gasteiger partial charge < -0.3 is 11.1 Å². The molecule has 1 heterocycles. The number of thiazole rings is 1. The van der Waals surface area contributed by atoms with Crippen molar-refractivity contribution >= 4 is 41.1 Å². The Balaban J connectivity index is 2.58. The number of nitrogens with one attached hydrogen (secondary N) is 1. The molecule has 16 heavy (non-hydrogen) atoms. The molecule has 0 saturated carbocycles. The van der Waals surface area contributed by atoms with Crippen LogP contribution in [0.2, 0.25) is 0 Å². The molecule has 3 N–H and O–H groups in total. The fourth-order valence-corrected chi connectivity index (χ4v) is 2.02. The largest absolute Gasteiger partial charge is 0.365 e. The average molecular weight is 257 g/mol. The minimum absolute atomic E-state index is 0.240. The van der Waals surface area contributed by atoms with Crippen molar-refractivity contribution in [1.29, 1.82) is 0 Å². The molecule has 0 fully saturated rings. The molecule has 1 aromatic heterocycles. The SMILES string of the molecule is CCCCNc1ncc(/C=C(\S)C(N)=O)s1. The number of carbonyl (C=O) groups is 1. The lowest BCUT2D eigenvalue weighted by Crippen LogP contribution is -2.09. The first-order valence-electron chi connectivity index (χ1n) is 5.03. The smallest absolute Gasteiger partial charge is 0.254 e. The molecule has 88 valence electrons. The maximum atomic E-state index is 10.8. The van der Waals surface area contributed by atoms with Gasteiger partial charge in [-0.1, -0.05) is 24.7 Å². The number of aromatic nitrogens is 1. The lowest BCUT2D eigenvalue weighted by Gasteiger charge is -1.98. The molecule has 0 atom stereocenters. The number of anilines is 1. The Morgan fingerprint density at radius 1 is 1.75 bits per heavy atom. The van der Waals surface area contributed by atoms with Crippen molar-refractivity contribution in [3.05, 3.63) is 16.0 Å². The van der Waals surface area contributed by atoms with Gasteiger partial charge in [0.1, 0.15) is 0 Å². The standard InChI is InChI=1S/C10H15N3OS2/c1-2-3-4-12-10-13-6-7(16-10)5-8(15)9(11)14/h5-6,15H,2-4H2,1H3,(H2,11,14)(H,12,13)/b8-5-. The number of unbranched alkanes of at least 4 members (excludes halogenated alkanes) is 1. The molecule has 4 nitrogen and oxygen atoms in total. The Labute approximate surface area is 104 Å². The van der Waals surface area contributed by atoms with Crippen molar-refractivity contribution in [3.8, 4) is 0 Å². The van der Waals surface area contributed by atoms with E-state index in [-0.39, 0.29) is 4.91 Å². The summed E-state index contributed by atoms with van der Waals surface area (Å²) in [6, 6.07) is 0. The zero-order valence-electron chi connectivity index (χ0n) is 9.06. The van der Waals surface area contributed by atoms with Gasteiger partial charge in [0.15, 0.2) is 5.13 Å². The summed E-state index contributed by atoms with van der Waals surface area (Å²) in [5.41, 5.74) is 5.07. The molecule has 0 aliphatic carbocycles. The molecule has 0 aliphatic rings. The third-order valence-corrected chi connectivity index (χ3v) is 3.11. The van der Waals surface area contributed by atoms with Crippen LogP contribution < -0.4 is 11.1 Å². The lowest BCUT2D eigenvalue weighted by molar-refractivity contribution is -0.113. The molecular formula is C10H15N3OS2. The highest BCUT2D eigenvalue weighted by atomic mass is 32.1. The first kappa shape index (κ1) is 13.1. The summed E-state index contributed by atoms with van der Waals surface area (Å²) in [7, 11) is 0. The van der Waals surface area contributed by atoms with Crippen molar-refractivity contribution in [2.45, 2.75) is 19.8 Å². The van der Waals surface area contributed by atoms with Gasteiger partial charge in [0.05, 0.1) is 9.78 Å². The lowest BCUT2D eigenvalue weighted by atomic mass is 10.3. The minimum Gasteiger partial charge on any atom is -0.365 e. The van der Waals surface area contributed by atoms with Gasteiger partial charge in [-0.3, -0.25) is 4.79 Å². The third kappa shape index (κ3) is 4.24. The van der Waals surface area contributed by atoms with Crippen LogP contribution in [0.4, 0.5) is 5.13 Å². The van der Waals surface area contributed by atoms with Crippen LogP contribution in [0.15, 0.2) is 11.1 Å². The van der Waals surface area contributed by atoms with E-state index in [9.17, 15) is 4.79 Å². The van der Waals surface area contributed by atoms with Crippen molar-refractivity contribution in [1.82, 2.24) is 4.98 Å². The van der Waals surface area contributed by atoms with Crippen LogP contribution >= 0.6 is 24.0 Å². The van der Waals surface area contributed by atoms with E-state index in [0.717, 1.165) is 29.4 Å². The first-order valence-corrected chi connectivity index (χ1v) is 6.30. The van der Waals surface area contributed by atoms with E-state index in [1.165, 1.54) is 11.3 Å². The highest BCUT2D eigenvalue weighted by Crippen LogP contribution is 2.21. The van der Waals surface area contributed by atoms with Crippen molar-refractivity contribution in [2.75, 3.05) is 11.9 Å². The van der Waals surface area contributed by atoms with Crippen LogP contribution in [-0.2, 0) is 4.79 Å². The molecular weight excluding hydrogens is 242 g/mol. The van der Waals surface area contributed by atoms with Gasteiger partial charge in [-0.25, -0.2) is 4.98 Å². The molecule has 1 aromatic rings. The Morgan fingerprint density at radius 3 is 3.12 bits per heavy atom. The summed E-state index contributed by atoms with van der Waals surface area (Å²) in [6.45, 7) is 3.05. The summed E-state index contributed by atoms with van der Waals surface area (Å²) in [5.74, 6) is -0.530. The number of hydrogen-bond acceptors (Lipinski definition) is 5. The highest BCUT2D eigenvalue weighted by molar-refractivity contribution is 7.85. The summed E-state index contributed by atoms with van der Waals surface area (Å²) in [6.07, 6.45) is 5.57. The van der Waals surface area contributed by atoms with Crippen LogP contribution in [-0.4, -0.2) is 17.4 Å². The van der Waals surface area contributed by atoms with Gasteiger partial charge in [0.25, 0.3) is 5.91 Å². The van der Waals surface area contributed by atoms with Crippen LogP contribution in [0.5, 0.6) is 0 Å². The molecule has 1 amide bonds. The zero-order valence-corrected chi connectivity index (χ0v) is 10.8. The van der Waals surface area contributed by atoms with Crippen LogP contribution in [0, 0.1) is 0 Å². The maximum Gasteiger partial charge on any atom is 0.254 e. The van der Waals surface area contributed by atoms with Crippen molar-refractivity contribution in [3.63, 3.8) is 0 Å². The number of carbonyl (C=O) groups excluding carboxylic acids is 1. The number of primary amides is 1. The predicted octanol–water partition coefficient (Wildman–Crippen LogP) is 2.11. The quantitative estimate of drug-likeness (QED) is 0.415. The summed E-state index contributed by atoms with van der Waals surface area (Å²) in [5, 5.41) is 4.06. The van der Waals surface area contributed by atoms with Gasteiger partial charge in [-0.15, -0.1) is 12.6 Å². The van der Waals surface area contributed by atoms with E-state index in [1.807, 2.05) is 0 Å². The van der Waals surface area contributed by atoms with Crippen molar-refractivity contribution in [2.24, 2.45) is 5.73 Å². The van der Waals surface area contributed by atoms with Crippen LogP contribution in [0.1, 0.15) is 24.6 Å². The minimum atomic E-state index is -0.530. The topological polar surface area (TPSA) is 68.0 Å². The fourth-order valence-electron chi connectivity index (χ4n) is 1.01. The van der Waals surface area contributed by atoms with Gasteiger partial charge in [-0.2, -0.15) is 0 Å². The molecule has 1 rings (SSSR count). The number of nitrogens with zero attached hydrogens (tertiary/aromatic N) is 1. The molecule has 0 aromatic carbocycles. The zero-order chi connectivity index (χ0) is 12.0. The van der Waals surface area contributed by atoms with E-state index in [0.29, 0.717) is 0 Å². The Bertz CT molecular complexity index is 387. The Kier molecular flexibility index (Phi) is 5.34. The van der Waals surface area contributed by atoms with E-state index >= 15 is 0 Å². The van der Waals surface area contributed by atoms with Crippen LogP contribution in [0.3, 0.4) is 0 Å². The molecule has 0 bridgehead atoms. The monoisotopic (exact) mass is 257 g/mol. The fraction of sp³-hybridized carbons (Fsp3) is 0.400. The Morgan fingerprint density at radius 2 is 2.50 bits per heavy atom. The van der Waals surface area contributed by atoms with Gasteiger partial charge in [0.2, 0.25) is 0 Å². The summed E-state index contributed by atoms with van der Waals surface area (Å²) >= 11 is 5.45. The number of rotatable bonds is 6. The second-order valence-electron chi connectivity index (χ2n) is 3.24.